The van der Waals surface area contributed by atoms with E-state index >= 15 is 0 Å². The van der Waals surface area contributed by atoms with Crippen molar-refractivity contribution in [3.05, 3.63) is 0 Å². The van der Waals surface area contributed by atoms with E-state index in [0.717, 1.165) is 30.8 Å². The maximum absolute atomic E-state index is 8.85. The molecule has 2 aliphatic rings. The van der Waals surface area contributed by atoms with Gasteiger partial charge in [0.1, 0.15) is 6.10 Å². The van der Waals surface area contributed by atoms with E-state index in [1.54, 1.807) is 0 Å². The van der Waals surface area contributed by atoms with Gasteiger partial charge >= 0.3 is 0 Å². The van der Waals surface area contributed by atoms with E-state index in [4.69, 9.17) is 10.00 Å². The topological polar surface area (TPSA) is 33.0 Å². The molecule has 2 rings (SSSR count). The Morgan fingerprint density at radius 1 is 1.00 bits per heavy atom. The molecular weight excluding hydrogens is 234 g/mol. The van der Waals surface area contributed by atoms with Crippen LogP contribution in [0.5, 0.6) is 0 Å². The average molecular weight is 263 g/mol. The second kappa shape index (κ2) is 7.90. The minimum atomic E-state index is -0.123. The molecule has 0 aromatic heterocycles. The third-order valence-electron chi connectivity index (χ3n) is 5.23. The molecule has 1 heterocycles. The molecule has 2 unspecified atom stereocenters. The van der Waals surface area contributed by atoms with Crippen LogP contribution in [0.15, 0.2) is 0 Å². The zero-order valence-corrected chi connectivity index (χ0v) is 12.4. The molecule has 108 valence electrons. The van der Waals surface area contributed by atoms with E-state index < -0.39 is 0 Å². The number of ether oxygens (including phenoxy) is 1. The molecule has 1 saturated carbocycles. The largest absolute Gasteiger partial charge is 0.363 e. The van der Waals surface area contributed by atoms with Crippen LogP contribution in [0.4, 0.5) is 0 Å². The first-order valence-electron chi connectivity index (χ1n) is 8.34. The molecule has 2 nitrogen and oxygen atoms in total. The molecule has 19 heavy (non-hydrogen) atoms. The van der Waals surface area contributed by atoms with Crippen LogP contribution < -0.4 is 0 Å². The molecule has 0 amide bonds. The fourth-order valence-corrected chi connectivity index (χ4v) is 3.88. The van der Waals surface area contributed by atoms with Crippen molar-refractivity contribution in [2.45, 2.75) is 77.2 Å². The maximum Gasteiger partial charge on any atom is 0.144 e. The van der Waals surface area contributed by atoms with Gasteiger partial charge in [-0.05, 0) is 43.4 Å². The van der Waals surface area contributed by atoms with Crippen molar-refractivity contribution in [2.75, 3.05) is 6.61 Å². The summed E-state index contributed by atoms with van der Waals surface area (Å²) in [6.45, 7) is 3.12. The fourth-order valence-electron chi connectivity index (χ4n) is 3.88. The zero-order valence-electron chi connectivity index (χ0n) is 12.4. The summed E-state index contributed by atoms with van der Waals surface area (Å²) in [5, 5.41) is 8.85. The second-order valence-corrected chi connectivity index (χ2v) is 6.57. The van der Waals surface area contributed by atoms with E-state index in [-0.39, 0.29) is 6.10 Å². The van der Waals surface area contributed by atoms with Gasteiger partial charge < -0.3 is 4.74 Å². The van der Waals surface area contributed by atoms with Crippen molar-refractivity contribution in [1.82, 2.24) is 0 Å². The Bertz CT molecular complexity index is 280. The van der Waals surface area contributed by atoms with E-state index in [1.807, 2.05) is 0 Å². The molecule has 2 fully saturated rings. The third kappa shape index (κ3) is 4.49. The molecule has 1 aliphatic heterocycles. The van der Waals surface area contributed by atoms with Crippen molar-refractivity contribution in [3.63, 3.8) is 0 Å². The van der Waals surface area contributed by atoms with E-state index in [9.17, 15) is 0 Å². The van der Waals surface area contributed by atoms with Gasteiger partial charge in [0, 0.05) is 0 Å². The Morgan fingerprint density at radius 3 is 2.32 bits per heavy atom. The Hall–Kier alpha value is -0.550. The van der Waals surface area contributed by atoms with E-state index in [0.29, 0.717) is 0 Å². The van der Waals surface area contributed by atoms with Crippen molar-refractivity contribution in [1.29, 1.82) is 5.26 Å². The van der Waals surface area contributed by atoms with Gasteiger partial charge in [0.15, 0.2) is 0 Å². The number of hydrogen-bond donors (Lipinski definition) is 0. The molecule has 0 aromatic carbocycles. The van der Waals surface area contributed by atoms with Gasteiger partial charge in [-0.1, -0.05) is 45.4 Å². The van der Waals surface area contributed by atoms with E-state index in [2.05, 4.69) is 13.0 Å². The van der Waals surface area contributed by atoms with Gasteiger partial charge in [-0.25, -0.2) is 0 Å². The first kappa shape index (κ1) is 14.9. The summed E-state index contributed by atoms with van der Waals surface area (Å²) in [6, 6.07) is 2.24. The molecular formula is C17H29NO. The summed E-state index contributed by atoms with van der Waals surface area (Å²) >= 11 is 0. The van der Waals surface area contributed by atoms with Gasteiger partial charge in [-0.15, -0.1) is 0 Å². The zero-order chi connectivity index (χ0) is 13.5. The van der Waals surface area contributed by atoms with Crippen LogP contribution in [0.2, 0.25) is 0 Å². The van der Waals surface area contributed by atoms with Gasteiger partial charge in [-0.3, -0.25) is 0 Å². The lowest BCUT2D eigenvalue weighted by Crippen LogP contribution is -2.31. The molecule has 2 heteroatoms. The molecule has 1 aliphatic carbocycles. The Labute approximate surface area is 118 Å². The average Bonchev–Trinajstić information content (AvgIpc) is 2.48. The van der Waals surface area contributed by atoms with Crippen molar-refractivity contribution < 1.29 is 4.74 Å². The lowest BCUT2D eigenvalue weighted by Gasteiger charge is -2.36. The summed E-state index contributed by atoms with van der Waals surface area (Å²) in [5.41, 5.74) is 0. The monoisotopic (exact) mass is 263 g/mol. The number of nitrogens with zero attached hydrogens (tertiary/aromatic N) is 1. The fraction of sp³-hybridized carbons (Fsp3) is 0.941. The van der Waals surface area contributed by atoms with Gasteiger partial charge in [-0.2, -0.15) is 5.26 Å². The van der Waals surface area contributed by atoms with Crippen molar-refractivity contribution >= 4 is 0 Å². The number of rotatable bonds is 5. The SMILES string of the molecule is CCCCCC1CCC(C2CCC(C#N)OC2)CC1. The number of nitriles is 1. The lowest BCUT2D eigenvalue weighted by molar-refractivity contribution is -0.0134. The predicted molar refractivity (Wildman–Crippen MR) is 77.7 cm³/mol. The third-order valence-corrected chi connectivity index (χ3v) is 5.23. The summed E-state index contributed by atoms with van der Waals surface area (Å²) in [7, 11) is 0. The van der Waals surface area contributed by atoms with Crippen LogP contribution in [0.1, 0.15) is 71.1 Å². The summed E-state index contributed by atoms with van der Waals surface area (Å²) in [4.78, 5) is 0. The molecule has 0 N–H and O–H groups in total. The van der Waals surface area contributed by atoms with Crippen molar-refractivity contribution in [3.8, 4) is 6.07 Å². The van der Waals surface area contributed by atoms with Crippen LogP contribution in [0, 0.1) is 29.1 Å². The van der Waals surface area contributed by atoms with Crippen molar-refractivity contribution in [2.24, 2.45) is 17.8 Å². The number of unbranched alkanes of at least 4 members (excludes halogenated alkanes) is 2. The van der Waals surface area contributed by atoms with Crippen LogP contribution in [0.3, 0.4) is 0 Å². The highest BCUT2D eigenvalue weighted by atomic mass is 16.5. The summed E-state index contributed by atoms with van der Waals surface area (Å²) < 4.78 is 5.64. The molecule has 0 bridgehead atoms. The number of hydrogen-bond acceptors (Lipinski definition) is 2. The van der Waals surface area contributed by atoms with Gasteiger partial charge in [0.2, 0.25) is 0 Å². The molecule has 2 atom stereocenters. The predicted octanol–water partition coefficient (Wildman–Crippen LogP) is 4.69. The highest BCUT2D eigenvalue weighted by molar-refractivity contribution is 4.89. The Balaban J connectivity index is 1.65. The highest BCUT2D eigenvalue weighted by Crippen LogP contribution is 2.39. The minimum absolute atomic E-state index is 0.123. The van der Waals surface area contributed by atoms with Gasteiger partial charge in [0.05, 0.1) is 12.7 Å². The van der Waals surface area contributed by atoms with Crippen LogP contribution in [-0.2, 0) is 4.74 Å². The molecule has 0 aromatic rings. The molecule has 1 saturated heterocycles. The molecule has 0 spiro atoms. The molecule has 0 radical (unpaired) electrons. The standard InChI is InChI=1S/C17H29NO/c1-2-3-4-5-14-6-8-15(9-7-14)16-10-11-17(12-18)19-13-16/h14-17H,2-11,13H2,1H3. The normalized spacial score (nSPS) is 35.8. The highest BCUT2D eigenvalue weighted by Gasteiger charge is 2.31. The summed E-state index contributed by atoms with van der Waals surface area (Å²) in [6.07, 6.45) is 13.4. The minimum Gasteiger partial charge on any atom is -0.363 e. The van der Waals surface area contributed by atoms with Crippen LogP contribution in [0.25, 0.3) is 0 Å². The Morgan fingerprint density at radius 2 is 1.74 bits per heavy atom. The van der Waals surface area contributed by atoms with E-state index in [1.165, 1.54) is 57.8 Å². The quantitative estimate of drug-likeness (QED) is 0.674. The van der Waals surface area contributed by atoms with Crippen LogP contribution >= 0.6 is 0 Å². The van der Waals surface area contributed by atoms with Crippen LogP contribution in [-0.4, -0.2) is 12.7 Å². The first-order chi connectivity index (χ1) is 9.33. The second-order valence-electron chi connectivity index (χ2n) is 6.57. The smallest absolute Gasteiger partial charge is 0.144 e. The lowest BCUT2D eigenvalue weighted by atomic mass is 9.73. The van der Waals surface area contributed by atoms with Gasteiger partial charge in [0.25, 0.3) is 0 Å². The first-order valence-corrected chi connectivity index (χ1v) is 8.34. The Kier molecular flexibility index (Phi) is 6.17. The maximum atomic E-state index is 8.85. The summed E-state index contributed by atoms with van der Waals surface area (Å²) in [5.74, 6) is 2.61.